The van der Waals surface area contributed by atoms with Gasteiger partial charge in [0.15, 0.2) is 0 Å². The highest BCUT2D eigenvalue weighted by Gasteiger charge is 2.33. The molecule has 1 aromatic heterocycles. The number of furan rings is 1. The fraction of sp³-hybridized carbons (Fsp3) is 0.477. The van der Waals surface area contributed by atoms with E-state index in [1.54, 1.807) is 6.26 Å². The number of aliphatic carboxylic acids is 3. The topological polar surface area (TPSA) is 164 Å². The van der Waals surface area contributed by atoms with Crippen molar-refractivity contribution in [2.75, 3.05) is 39.3 Å². The second kappa shape index (κ2) is 17.9. The molecule has 0 radical (unpaired) electrons. The summed E-state index contributed by atoms with van der Waals surface area (Å²) in [5, 5.41) is 41.2. The molecule has 7 rings (SSSR count). The minimum Gasteiger partial charge on any atom is -0.481 e. The van der Waals surface area contributed by atoms with Gasteiger partial charge in [-0.05, 0) is 135 Å². The molecule has 4 heterocycles. The summed E-state index contributed by atoms with van der Waals surface area (Å²) in [5.74, 6) is -3.32. The van der Waals surface area contributed by atoms with Gasteiger partial charge >= 0.3 is 17.9 Å². The molecular weight excluding hydrogens is 697 g/mol. The highest BCUT2D eigenvalue weighted by Crippen LogP contribution is 2.30. The molecule has 55 heavy (non-hydrogen) atoms. The van der Waals surface area contributed by atoms with Crippen LogP contribution in [0.15, 0.2) is 77.4 Å². The summed E-state index contributed by atoms with van der Waals surface area (Å²) < 4.78 is 6.05. The second-order valence-corrected chi connectivity index (χ2v) is 16.1. The minimum absolute atomic E-state index is 0.0975. The van der Waals surface area contributed by atoms with Gasteiger partial charge in [0.1, 0.15) is 5.58 Å². The number of carbonyl (C=O) groups is 3. The lowest BCUT2D eigenvalue weighted by Crippen LogP contribution is -2.27. The first-order valence-electron chi connectivity index (χ1n) is 19.9. The summed E-state index contributed by atoms with van der Waals surface area (Å²) in [4.78, 5) is 39.3. The van der Waals surface area contributed by atoms with Gasteiger partial charge < -0.3 is 35.7 Å². The second-order valence-electron chi connectivity index (χ2n) is 16.1. The molecule has 0 spiro atoms. The maximum atomic E-state index is 12.3. The van der Waals surface area contributed by atoms with Gasteiger partial charge in [0.05, 0.1) is 24.0 Å². The smallest absolute Gasteiger partial charge is 0.307 e. The van der Waals surface area contributed by atoms with E-state index in [1.165, 1.54) is 0 Å². The van der Waals surface area contributed by atoms with Gasteiger partial charge in [-0.15, -0.1) is 0 Å². The average Bonchev–Trinajstić information content (AvgIpc) is 4.01. The minimum atomic E-state index is -0.763. The highest BCUT2D eigenvalue weighted by molar-refractivity contribution is 5.82. The number of hydrogen-bond donors (Lipinski definition) is 6. The number of benzene rings is 3. The van der Waals surface area contributed by atoms with Gasteiger partial charge in [0.2, 0.25) is 0 Å². The summed E-state index contributed by atoms with van der Waals surface area (Å²) in [7, 11) is 0. The molecule has 3 aromatic carbocycles. The Balaban J connectivity index is 1.15. The lowest BCUT2D eigenvalue weighted by Gasteiger charge is -2.24. The van der Waals surface area contributed by atoms with Gasteiger partial charge in [-0.2, -0.15) is 0 Å². The summed E-state index contributed by atoms with van der Waals surface area (Å²) >= 11 is 0. The number of fused-ring (bicyclic) bond motifs is 1. The highest BCUT2D eigenvalue weighted by atomic mass is 16.4. The van der Waals surface area contributed by atoms with Crippen molar-refractivity contribution >= 4 is 28.9 Å². The maximum absolute atomic E-state index is 12.3. The van der Waals surface area contributed by atoms with Crippen LogP contribution in [0.4, 0.5) is 0 Å². The van der Waals surface area contributed by atoms with Gasteiger partial charge in [0.25, 0.3) is 0 Å². The molecule has 0 saturated carbocycles. The number of nitrogens with zero attached hydrogens (tertiary/aromatic N) is 1. The van der Waals surface area contributed by atoms with Gasteiger partial charge in [-0.25, -0.2) is 0 Å². The zero-order valence-electron chi connectivity index (χ0n) is 31.4. The van der Waals surface area contributed by atoms with Crippen LogP contribution in [-0.4, -0.2) is 77.4 Å². The van der Waals surface area contributed by atoms with E-state index in [0.717, 1.165) is 103 Å². The molecule has 3 saturated heterocycles. The standard InChI is InChI=1S/C44H54N4O7/c49-42(50)38(33-9-12-45-21-33)18-28-3-1-5-31(15-28)24-48(25-32-6-2-4-29(16-32)19-39(43(51)52)34-10-13-46-22-34)26-36-27-55-41-8-7-30(17-37(36)41)20-40(44(53)54)35-11-14-47-23-35/h1-8,15-17,27,33-35,38-40,45-47H,9-14,18-26H2,(H,49,50)(H,51,52)(H,53,54). The van der Waals surface area contributed by atoms with E-state index in [2.05, 4.69) is 51.2 Å². The summed E-state index contributed by atoms with van der Waals surface area (Å²) in [6.45, 7) is 6.45. The van der Waals surface area contributed by atoms with Gasteiger partial charge in [-0.1, -0.05) is 54.6 Å². The predicted octanol–water partition coefficient (Wildman–Crippen LogP) is 5.19. The first kappa shape index (κ1) is 38.7. The van der Waals surface area contributed by atoms with E-state index >= 15 is 0 Å². The number of rotatable bonds is 18. The Kier molecular flexibility index (Phi) is 12.6. The van der Waals surface area contributed by atoms with E-state index in [-0.39, 0.29) is 17.8 Å². The third kappa shape index (κ3) is 9.83. The first-order chi connectivity index (χ1) is 26.7. The van der Waals surface area contributed by atoms with E-state index in [9.17, 15) is 29.7 Å². The van der Waals surface area contributed by atoms with Crippen LogP contribution in [0.2, 0.25) is 0 Å². The quantitative estimate of drug-likeness (QED) is 0.0793. The van der Waals surface area contributed by atoms with E-state index in [1.807, 2.05) is 36.4 Å². The van der Waals surface area contributed by atoms with Crippen LogP contribution in [0.25, 0.3) is 11.0 Å². The molecule has 6 unspecified atom stereocenters. The van der Waals surface area contributed by atoms with Crippen LogP contribution < -0.4 is 16.0 Å². The van der Waals surface area contributed by atoms with E-state index in [0.29, 0.717) is 38.9 Å². The third-order valence-corrected chi connectivity index (χ3v) is 12.2. The van der Waals surface area contributed by atoms with Crippen molar-refractivity contribution in [3.05, 3.63) is 106 Å². The normalized spacial score (nSPS) is 21.6. The number of carboxylic acids is 3. The van der Waals surface area contributed by atoms with E-state index < -0.39 is 35.7 Å². The molecular formula is C44H54N4O7. The van der Waals surface area contributed by atoms with Crippen molar-refractivity contribution in [3.8, 4) is 0 Å². The Morgan fingerprint density at radius 3 is 1.45 bits per heavy atom. The Labute approximate surface area is 322 Å². The number of hydrogen-bond acceptors (Lipinski definition) is 8. The van der Waals surface area contributed by atoms with Crippen LogP contribution in [0.1, 0.15) is 52.6 Å². The molecule has 6 N–H and O–H groups in total. The lowest BCUT2D eigenvalue weighted by molar-refractivity contribution is -0.144. The molecule has 11 heteroatoms. The van der Waals surface area contributed by atoms with Gasteiger partial charge in [0, 0.05) is 30.6 Å². The summed E-state index contributed by atoms with van der Waals surface area (Å²) in [6.07, 6.45) is 5.78. The van der Waals surface area contributed by atoms with Crippen molar-refractivity contribution in [2.45, 2.75) is 58.2 Å². The molecule has 0 amide bonds. The first-order valence-corrected chi connectivity index (χ1v) is 19.9. The average molecular weight is 751 g/mol. The predicted molar refractivity (Wildman–Crippen MR) is 209 cm³/mol. The van der Waals surface area contributed by atoms with Crippen LogP contribution in [0.5, 0.6) is 0 Å². The van der Waals surface area contributed by atoms with Crippen molar-refractivity contribution in [1.29, 1.82) is 0 Å². The van der Waals surface area contributed by atoms with Crippen molar-refractivity contribution in [3.63, 3.8) is 0 Å². The molecule has 3 aliphatic rings. The van der Waals surface area contributed by atoms with Crippen LogP contribution >= 0.6 is 0 Å². The van der Waals surface area contributed by atoms with E-state index in [4.69, 9.17) is 4.42 Å². The molecule has 0 bridgehead atoms. The number of nitrogens with one attached hydrogen (secondary N) is 3. The SMILES string of the molecule is O=C(O)C(Cc1cccc(CN(Cc2cccc(CC(C(=O)O)C3CCNC3)c2)Cc2coc3ccc(CC(C(=O)O)C4CCNC4)cc23)c1)C1CCNC1. The molecule has 11 nitrogen and oxygen atoms in total. The third-order valence-electron chi connectivity index (χ3n) is 12.2. The largest absolute Gasteiger partial charge is 0.481 e. The monoisotopic (exact) mass is 750 g/mol. The summed E-state index contributed by atoms with van der Waals surface area (Å²) in [5.41, 5.74) is 6.87. The zero-order chi connectivity index (χ0) is 38.3. The molecule has 0 aliphatic carbocycles. The van der Waals surface area contributed by atoms with Gasteiger partial charge in [-0.3, -0.25) is 19.3 Å². The maximum Gasteiger partial charge on any atom is 0.307 e. The number of carboxylic acid groups (broad SMARTS) is 3. The Bertz CT molecular complexity index is 1860. The van der Waals surface area contributed by atoms with Crippen LogP contribution in [0, 0.1) is 35.5 Å². The molecule has 3 fully saturated rings. The molecule has 3 aliphatic heterocycles. The van der Waals surface area contributed by atoms with Crippen LogP contribution in [0.3, 0.4) is 0 Å². The lowest BCUT2D eigenvalue weighted by atomic mass is 9.86. The van der Waals surface area contributed by atoms with Crippen molar-refractivity contribution < 1.29 is 34.1 Å². The Morgan fingerprint density at radius 2 is 1.04 bits per heavy atom. The van der Waals surface area contributed by atoms with Crippen LogP contribution in [-0.2, 0) is 53.3 Å². The Hall–Kier alpha value is -4.55. The fourth-order valence-electron chi connectivity index (χ4n) is 9.20. The van der Waals surface area contributed by atoms with Crippen molar-refractivity contribution in [1.82, 2.24) is 20.9 Å². The van der Waals surface area contributed by atoms with Crippen molar-refractivity contribution in [2.24, 2.45) is 35.5 Å². The fourth-order valence-corrected chi connectivity index (χ4v) is 9.20. The zero-order valence-corrected chi connectivity index (χ0v) is 31.4. The molecule has 6 atom stereocenters. The molecule has 292 valence electrons. The molecule has 4 aromatic rings. The summed E-state index contributed by atoms with van der Waals surface area (Å²) in [6, 6.07) is 22.5. The Morgan fingerprint density at radius 1 is 0.600 bits per heavy atom.